The Kier molecular flexibility index (Phi) is 6.89. The molecule has 0 unspecified atom stereocenters. The lowest BCUT2D eigenvalue weighted by Gasteiger charge is -2.23. The summed E-state index contributed by atoms with van der Waals surface area (Å²) in [6, 6.07) is 6.49. The van der Waals surface area contributed by atoms with Gasteiger partial charge in [-0.1, -0.05) is 12.1 Å². The largest absolute Gasteiger partial charge is 0.381 e. The van der Waals surface area contributed by atoms with Gasteiger partial charge in [-0.15, -0.1) is 0 Å². The number of carbonyl (C=O) groups excluding carboxylic acids is 1. The molecular formula is C26H30FN3O4. The van der Waals surface area contributed by atoms with Crippen molar-refractivity contribution in [2.45, 2.75) is 38.6 Å². The average molecular weight is 468 g/mol. The highest BCUT2D eigenvalue weighted by molar-refractivity contribution is 6.00. The first kappa shape index (κ1) is 23.0. The van der Waals surface area contributed by atoms with Crippen LogP contribution in [0.5, 0.6) is 0 Å². The van der Waals surface area contributed by atoms with E-state index in [2.05, 4.69) is 15.7 Å². The maximum atomic E-state index is 13.4. The smallest absolute Gasteiger partial charge is 0.296 e. The number of fused-ring (bicyclic) bond motifs is 3. The number of amides is 1. The zero-order valence-corrected chi connectivity index (χ0v) is 19.2. The normalized spacial score (nSPS) is 16.9. The third-order valence-corrected chi connectivity index (χ3v) is 6.81. The molecule has 8 heteroatoms. The van der Waals surface area contributed by atoms with Crippen LogP contribution in [0.15, 0.2) is 36.7 Å². The molecule has 0 spiro atoms. The van der Waals surface area contributed by atoms with E-state index < -0.39 is 5.91 Å². The van der Waals surface area contributed by atoms with E-state index in [1.165, 1.54) is 12.1 Å². The van der Waals surface area contributed by atoms with Crippen molar-refractivity contribution in [1.82, 2.24) is 14.6 Å². The van der Waals surface area contributed by atoms with Crippen molar-refractivity contribution in [2.75, 3.05) is 33.0 Å². The summed E-state index contributed by atoms with van der Waals surface area (Å²) >= 11 is 0. The fraction of sp³-hybridized carbons (Fsp3) is 0.462. The number of benzene rings is 1. The van der Waals surface area contributed by atoms with E-state index in [1.54, 1.807) is 18.3 Å². The number of nitrogens with zero attached hydrogens (tertiary/aromatic N) is 3. The van der Waals surface area contributed by atoms with Gasteiger partial charge in [0.2, 0.25) is 0 Å². The summed E-state index contributed by atoms with van der Waals surface area (Å²) in [5.74, 6) is -0.137. The number of hydrogen-bond donors (Lipinski definition) is 1. The molecule has 1 N–H and O–H groups in total. The second kappa shape index (κ2) is 10.2. The molecule has 34 heavy (non-hydrogen) atoms. The van der Waals surface area contributed by atoms with Crippen LogP contribution in [0.3, 0.4) is 0 Å². The van der Waals surface area contributed by atoms with Gasteiger partial charge < -0.3 is 14.0 Å². The molecule has 0 radical (unpaired) electrons. The monoisotopic (exact) mass is 467 g/mol. The Morgan fingerprint density at radius 2 is 2.00 bits per heavy atom. The number of halogens is 1. The van der Waals surface area contributed by atoms with Gasteiger partial charge in [-0.05, 0) is 66.8 Å². The van der Waals surface area contributed by atoms with Crippen LogP contribution in [0.25, 0.3) is 10.9 Å². The molecule has 0 aliphatic carbocycles. The molecule has 0 atom stereocenters. The lowest BCUT2D eigenvalue weighted by molar-refractivity contribution is -0.0606. The Hall–Kier alpha value is -2.81. The van der Waals surface area contributed by atoms with Crippen molar-refractivity contribution >= 4 is 16.8 Å². The standard InChI is InChI=1S/C26H30FN3O4/c27-21-5-3-18(4-6-21)15-29-16-20(2-1-11-34-17-19-8-12-33-13-9-19)24-22-7-10-30(32)26(31)25(22)28-14-23(24)29/h3-6,14,16,19,32H,1-2,7-13,15,17H2. The number of aromatic nitrogens is 2. The first-order valence-electron chi connectivity index (χ1n) is 12.0. The molecule has 2 aliphatic rings. The number of carbonyl (C=O) groups is 1. The minimum absolute atomic E-state index is 0.253. The van der Waals surface area contributed by atoms with Gasteiger partial charge in [-0.25, -0.2) is 14.4 Å². The van der Waals surface area contributed by atoms with Crippen LogP contribution in [0.4, 0.5) is 4.39 Å². The summed E-state index contributed by atoms with van der Waals surface area (Å²) < 4.78 is 26.9. The summed E-state index contributed by atoms with van der Waals surface area (Å²) in [5, 5.41) is 11.7. The molecule has 3 aromatic rings. The Morgan fingerprint density at radius 1 is 1.21 bits per heavy atom. The zero-order chi connectivity index (χ0) is 23.5. The number of aryl methyl sites for hydroxylation is 1. The molecule has 5 rings (SSSR count). The van der Waals surface area contributed by atoms with E-state index >= 15 is 0 Å². The highest BCUT2D eigenvalue weighted by Gasteiger charge is 2.28. The van der Waals surface area contributed by atoms with Gasteiger partial charge in [-0.2, -0.15) is 0 Å². The summed E-state index contributed by atoms with van der Waals surface area (Å²) in [6.45, 7) is 3.94. The fourth-order valence-electron chi connectivity index (χ4n) is 4.94. The van der Waals surface area contributed by atoms with Crippen LogP contribution < -0.4 is 0 Å². The van der Waals surface area contributed by atoms with Crippen LogP contribution in [0, 0.1) is 11.7 Å². The Labute approximate surface area is 198 Å². The molecular weight excluding hydrogens is 437 g/mol. The Balaban J connectivity index is 1.37. The molecule has 2 aromatic heterocycles. The number of ether oxygens (including phenoxy) is 2. The van der Waals surface area contributed by atoms with Crippen molar-refractivity contribution in [1.29, 1.82) is 0 Å². The van der Waals surface area contributed by atoms with Gasteiger partial charge in [0.1, 0.15) is 11.5 Å². The van der Waals surface area contributed by atoms with Crippen LogP contribution in [-0.2, 0) is 28.9 Å². The molecule has 1 saturated heterocycles. The second-order valence-electron chi connectivity index (χ2n) is 9.17. The Bertz CT molecular complexity index is 1160. The van der Waals surface area contributed by atoms with E-state index in [0.717, 1.165) is 78.2 Å². The third kappa shape index (κ3) is 4.85. The van der Waals surface area contributed by atoms with Crippen molar-refractivity contribution in [3.05, 3.63) is 64.9 Å². The van der Waals surface area contributed by atoms with Crippen LogP contribution in [0.1, 0.15) is 46.4 Å². The minimum Gasteiger partial charge on any atom is -0.381 e. The summed E-state index contributed by atoms with van der Waals surface area (Å²) in [7, 11) is 0. The summed E-state index contributed by atoms with van der Waals surface area (Å²) in [5.41, 5.74) is 4.28. The molecule has 2 aliphatic heterocycles. The lowest BCUT2D eigenvalue weighted by Crippen LogP contribution is -2.35. The van der Waals surface area contributed by atoms with Gasteiger partial charge in [0, 0.05) is 44.6 Å². The van der Waals surface area contributed by atoms with E-state index in [-0.39, 0.29) is 12.4 Å². The molecule has 180 valence electrons. The van der Waals surface area contributed by atoms with E-state index in [0.29, 0.717) is 31.2 Å². The minimum atomic E-state index is -0.458. The number of rotatable bonds is 8. The number of pyridine rings is 1. The topological polar surface area (TPSA) is 76.8 Å². The van der Waals surface area contributed by atoms with Gasteiger partial charge in [0.25, 0.3) is 5.91 Å². The number of hydrogen-bond acceptors (Lipinski definition) is 5. The molecule has 7 nitrogen and oxygen atoms in total. The van der Waals surface area contributed by atoms with E-state index in [1.807, 2.05) is 0 Å². The van der Waals surface area contributed by atoms with Gasteiger partial charge in [0.15, 0.2) is 0 Å². The highest BCUT2D eigenvalue weighted by Crippen LogP contribution is 2.31. The van der Waals surface area contributed by atoms with Crippen LogP contribution in [0.2, 0.25) is 0 Å². The quantitative estimate of drug-likeness (QED) is 0.401. The summed E-state index contributed by atoms with van der Waals surface area (Å²) in [6.07, 6.45) is 8.18. The average Bonchev–Trinajstić information content (AvgIpc) is 3.21. The molecule has 4 heterocycles. The fourth-order valence-corrected chi connectivity index (χ4v) is 4.94. The number of hydroxylamine groups is 2. The van der Waals surface area contributed by atoms with E-state index in [4.69, 9.17) is 9.47 Å². The van der Waals surface area contributed by atoms with Gasteiger partial charge in [-0.3, -0.25) is 10.0 Å². The molecule has 1 aromatic carbocycles. The lowest BCUT2D eigenvalue weighted by atomic mass is 9.97. The van der Waals surface area contributed by atoms with Crippen LogP contribution >= 0.6 is 0 Å². The van der Waals surface area contributed by atoms with Crippen molar-refractivity contribution in [3.8, 4) is 0 Å². The highest BCUT2D eigenvalue weighted by atomic mass is 19.1. The third-order valence-electron chi connectivity index (χ3n) is 6.81. The molecule has 0 saturated carbocycles. The SMILES string of the molecule is O=C1c2ncc3c(c(CCCOCC4CCOCC4)cn3Cc3ccc(F)cc3)c2CCN1O. The maximum absolute atomic E-state index is 13.4. The molecule has 1 fully saturated rings. The summed E-state index contributed by atoms with van der Waals surface area (Å²) in [4.78, 5) is 16.9. The predicted octanol–water partition coefficient (Wildman–Crippen LogP) is 3.99. The van der Waals surface area contributed by atoms with Gasteiger partial charge >= 0.3 is 0 Å². The maximum Gasteiger partial charge on any atom is 0.296 e. The van der Waals surface area contributed by atoms with Crippen molar-refractivity contribution < 1.29 is 23.9 Å². The second-order valence-corrected chi connectivity index (χ2v) is 9.17. The first-order valence-corrected chi connectivity index (χ1v) is 12.0. The molecule has 1 amide bonds. The van der Waals surface area contributed by atoms with Gasteiger partial charge in [0.05, 0.1) is 18.3 Å². The Morgan fingerprint density at radius 3 is 2.79 bits per heavy atom. The van der Waals surface area contributed by atoms with E-state index in [9.17, 15) is 14.4 Å². The van der Waals surface area contributed by atoms with Crippen molar-refractivity contribution in [3.63, 3.8) is 0 Å². The first-order chi connectivity index (χ1) is 16.6. The van der Waals surface area contributed by atoms with Crippen molar-refractivity contribution in [2.24, 2.45) is 5.92 Å². The zero-order valence-electron chi connectivity index (χ0n) is 19.2. The molecule has 0 bridgehead atoms. The van der Waals surface area contributed by atoms with Crippen LogP contribution in [-0.4, -0.2) is 58.7 Å². The predicted molar refractivity (Wildman–Crippen MR) is 124 cm³/mol.